The SMILES string of the molecule is O=C(NC1(c2ccccc2)CCNCC1)N1CCOCC1. The van der Waals surface area contributed by atoms with Gasteiger partial charge < -0.3 is 20.3 Å². The van der Waals surface area contributed by atoms with Crippen LogP contribution in [0, 0.1) is 0 Å². The predicted octanol–water partition coefficient (Wildman–Crippen LogP) is 1.31. The number of morpholine rings is 1. The van der Waals surface area contributed by atoms with Crippen molar-refractivity contribution in [3.05, 3.63) is 35.9 Å². The van der Waals surface area contributed by atoms with Crippen LogP contribution in [0.3, 0.4) is 0 Å². The van der Waals surface area contributed by atoms with Crippen molar-refractivity contribution in [2.24, 2.45) is 0 Å². The van der Waals surface area contributed by atoms with Crippen LogP contribution in [0.15, 0.2) is 30.3 Å². The van der Waals surface area contributed by atoms with Crippen LogP contribution in [0.2, 0.25) is 0 Å². The molecule has 0 atom stereocenters. The maximum Gasteiger partial charge on any atom is 0.318 e. The maximum absolute atomic E-state index is 12.6. The summed E-state index contributed by atoms with van der Waals surface area (Å²) in [6.07, 6.45) is 1.85. The minimum atomic E-state index is -0.248. The van der Waals surface area contributed by atoms with Gasteiger partial charge in [-0.2, -0.15) is 0 Å². The number of nitrogens with one attached hydrogen (secondary N) is 2. The first-order valence-corrected chi connectivity index (χ1v) is 7.71. The molecule has 0 unspecified atom stereocenters. The highest BCUT2D eigenvalue weighted by Crippen LogP contribution is 2.30. The van der Waals surface area contributed by atoms with Gasteiger partial charge in [-0.3, -0.25) is 0 Å². The average molecular weight is 289 g/mol. The van der Waals surface area contributed by atoms with E-state index in [9.17, 15) is 4.79 Å². The Kier molecular flexibility index (Phi) is 4.41. The van der Waals surface area contributed by atoms with Gasteiger partial charge in [0.2, 0.25) is 0 Å². The monoisotopic (exact) mass is 289 g/mol. The summed E-state index contributed by atoms with van der Waals surface area (Å²) in [7, 11) is 0. The minimum Gasteiger partial charge on any atom is -0.378 e. The molecule has 3 rings (SSSR count). The highest BCUT2D eigenvalue weighted by molar-refractivity contribution is 5.75. The third kappa shape index (κ3) is 3.19. The van der Waals surface area contributed by atoms with E-state index in [1.807, 2.05) is 23.1 Å². The van der Waals surface area contributed by atoms with Crippen molar-refractivity contribution < 1.29 is 9.53 Å². The zero-order valence-electron chi connectivity index (χ0n) is 12.3. The fourth-order valence-electron chi connectivity index (χ4n) is 3.15. The number of amides is 2. The molecule has 2 aliphatic heterocycles. The molecule has 2 N–H and O–H groups in total. The van der Waals surface area contributed by atoms with E-state index in [-0.39, 0.29) is 11.6 Å². The van der Waals surface area contributed by atoms with E-state index in [4.69, 9.17) is 4.74 Å². The first-order valence-electron chi connectivity index (χ1n) is 7.71. The van der Waals surface area contributed by atoms with Gasteiger partial charge in [0, 0.05) is 13.1 Å². The van der Waals surface area contributed by atoms with Crippen molar-refractivity contribution in [1.29, 1.82) is 0 Å². The van der Waals surface area contributed by atoms with Crippen molar-refractivity contribution in [1.82, 2.24) is 15.5 Å². The molecule has 114 valence electrons. The van der Waals surface area contributed by atoms with Gasteiger partial charge in [-0.25, -0.2) is 4.79 Å². The molecular weight excluding hydrogens is 266 g/mol. The molecule has 21 heavy (non-hydrogen) atoms. The molecule has 5 nitrogen and oxygen atoms in total. The van der Waals surface area contributed by atoms with Crippen LogP contribution in [0.5, 0.6) is 0 Å². The number of urea groups is 1. The van der Waals surface area contributed by atoms with Crippen LogP contribution >= 0.6 is 0 Å². The van der Waals surface area contributed by atoms with Crippen molar-refractivity contribution in [2.75, 3.05) is 39.4 Å². The normalized spacial score (nSPS) is 21.8. The summed E-state index contributed by atoms with van der Waals surface area (Å²) >= 11 is 0. The van der Waals surface area contributed by atoms with Crippen molar-refractivity contribution in [3.8, 4) is 0 Å². The Balaban J connectivity index is 1.77. The van der Waals surface area contributed by atoms with Crippen LogP contribution in [-0.2, 0) is 10.3 Å². The van der Waals surface area contributed by atoms with E-state index < -0.39 is 0 Å². The topological polar surface area (TPSA) is 53.6 Å². The molecule has 0 radical (unpaired) electrons. The number of benzene rings is 1. The number of piperidine rings is 1. The highest BCUT2D eigenvalue weighted by atomic mass is 16.5. The molecule has 2 saturated heterocycles. The number of rotatable bonds is 2. The first-order chi connectivity index (χ1) is 10.3. The number of hydrogen-bond acceptors (Lipinski definition) is 3. The van der Waals surface area contributed by atoms with Crippen LogP contribution < -0.4 is 10.6 Å². The predicted molar refractivity (Wildman–Crippen MR) is 81.1 cm³/mol. The van der Waals surface area contributed by atoms with Gasteiger partial charge in [-0.05, 0) is 31.5 Å². The molecule has 2 fully saturated rings. The smallest absolute Gasteiger partial charge is 0.318 e. The average Bonchev–Trinajstić information content (AvgIpc) is 2.57. The Morgan fingerprint density at radius 2 is 1.81 bits per heavy atom. The Morgan fingerprint density at radius 3 is 2.48 bits per heavy atom. The lowest BCUT2D eigenvalue weighted by molar-refractivity contribution is 0.0498. The lowest BCUT2D eigenvalue weighted by Crippen LogP contribution is -2.57. The fraction of sp³-hybridized carbons (Fsp3) is 0.562. The van der Waals surface area contributed by atoms with E-state index in [1.54, 1.807) is 0 Å². The van der Waals surface area contributed by atoms with Crippen LogP contribution in [-0.4, -0.2) is 50.3 Å². The summed E-state index contributed by atoms with van der Waals surface area (Å²) in [4.78, 5) is 14.4. The van der Waals surface area contributed by atoms with E-state index in [1.165, 1.54) is 5.56 Å². The molecule has 0 bridgehead atoms. The molecule has 0 saturated carbocycles. The van der Waals surface area contributed by atoms with Gasteiger partial charge in [0.1, 0.15) is 0 Å². The van der Waals surface area contributed by atoms with Gasteiger partial charge in [0.05, 0.1) is 18.8 Å². The van der Waals surface area contributed by atoms with Crippen LogP contribution in [0.4, 0.5) is 4.79 Å². The molecular formula is C16H23N3O2. The van der Waals surface area contributed by atoms with Crippen molar-refractivity contribution in [3.63, 3.8) is 0 Å². The molecule has 2 heterocycles. The Morgan fingerprint density at radius 1 is 1.14 bits per heavy atom. The standard InChI is InChI=1S/C16H23N3O2/c20-15(19-10-12-21-13-11-19)18-16(6-8-17-9-7-16)14-4-2-1-3-5-14/h1-5,17H,6-13H2,(H,18,20). The second-order valence-electron chi connectivity index (χ2n) is 5.73. The fourth-order valence-corrected chi connectivity index (χ4v) is 3.15. The molecule has 2 aliphatic rings. The lowest BCUT2D eigenvalue weighted by Gasteiger charge is -2.41. The van der Waals surface area contributed by atoms with Gasteiger partial charge in [-0.1, -0.05) is 30.3 Å². The number of nitrogens with zero attached hydrogens (tertiary/aromatic N) is 1. The molecule has 0 aliphatic carbocycles. The lowest BCUT2D eigenvalue weighted by atomic mass is 9.81. The number of ether oxygens (including phenoxy) is 1. The van der Waals surface area contributed by atoms with Gasteiger partial charge in [0.25, 0.3) is 0 Å². The Labute approximate surface area is 125 Å². The van der Waals surface area contributed by atoms with E-state index in [0.29, 0.717) is 26.3 Å². The zero-order chi connectivity index (χ0) is 14.5. The molecule has 1 aromatic carbocycles. The third-order valence-electron chi connectivity index (χ3n) is 4.43. The van der Waals surface area contributed by atoms with Gasteiger partial charge in [0.15, 0.2) is 0 Å². The summed E-state index contributed by atoms with van der Waals surface area (Å²) in [6, 6.07) is 10.4. The largest absolute Gasteiger partial charge is 0.378 e. The molecule has 1 aromatic rings. The summed E-state index contributed by atoms with van der Waals surface area (Å²) < 4.78 is 5.32. The van der Waals surface area contributed by atoms with Crippen LogP contribution in [0.25, 0.3) is 0 Å². The maximum atomic E-state index is 12.6. The quantitative estimate of drug-likeness (QED) is 0.863. The Hall–Kier alpha value is -1.59. The highest BCUT2D eigenvalue weighted by Gasteiger charge is 2.36. The number of carbonyl (C=O) groups is 1. The minimum absolute atomic E-state index is 0.0315. The zero-order valence-corrected chi connectivity index (χ0v) is 12.3. The summed E-state index contributed by atoms with van der Waals surface area (Å²) in [5, 5.41) is 6.69. The second kappa shape index (κ2) is 6.45. The Bertz CT molecular complexity index is 466. The summed E-state index contributed by atoms with van der Waals surface area (Å²) in [5.74, 6) is 0. The van der Waals surface area contributed by atoms with Gasteiger partial charge in [-0.15, -0.1) is 0 Å². The number of carbonyl (C=O) groups excluding carboxylic acids is 1. The van der Waals surface area contributed by atoms with Crippen molar-refractivity contribution in [2.45, 2.75) is 18.4 Å². The van der Waals surface area contributed by atoms with Crippen LogP contribution in [0.1, 0.15) is 18.4 Å². The van der Waals surface area contributed by atoms with E-state index in [0.717, 1.165) is 25.9 Å². The molecule has 0 spiro atoms. The van der Waals surface area contributed by atoms with Gasteiger partial charge >= 0.3 is 6.03 Å². The molecule has 0 aromatic heterocycles. The number of hydrogen-bond donors (Lipinski definition) is 2. The molecule has 5 heteroatoms. The molecule has 2 amide bonds. The first kappa shape index (κ1) is 14.4. The summed E-state index contributed by atoms with van der Waals surface area (Å²) in [6.45, 7) is 4.47. The van der Waals surface area contributed by atoms with E-state index in [2.05, 4.69) is 22.8 Å². The summed E-state index contributed by atoms with van der Waals surface area (Å²) in [5.41, 5.74) is 0.954. The van der Waals surface area contributed by atoms with Crippen molar-refractivity contribution >= 4 is 6.03 Å². The van der Waals surface area contributed by atoms with E-state index >= 15 is 0 Å². The third-order valence-corrected chi connectivity index (χ3v) is 4.43. The second-order valence-corrected chi connectivity index (χ2v) is 5.73.